The zero-order chi connectivity index (χ0) is 7.61. The Morgan fingerprint density at radius 1 is 1.80 bits per heavy atom. The molecule has 0 amide bonds. The van der Waals surface area contributed by atoms with E-state index in [-0.39, 0.29) is 12.6 Å². The standard InChI is InChI=1S/C7H15NO2/c1-7(9,5-8)6-3-2-4-10-6/h6,9H,2-5,8H2,1H3. The second kappa shape index (κ2) is 2.86. The van der Waals surface area contributed by atoms with Crippen molar-refractivity contribution in [2.75, 3.05) is 13.2 Å². The van der Waals surface area contributed by atoms with Gasteiger partial charge in [-0.05, 0) is 19.8 Å². The molecule has 0 radical (unpaired) electrons. The topological polar surface area (TPSA) is 55.5 Å². The molecule has 2 unspecified atom stereocenters. The third-order valence-electron chi connectivity index (χ3n) is 2.04. The van der Waals surface area contributed by atoms with E-state index in [1.807, 2.05) is 0 Å². The Morgan fingerprint density at radius 2 is 2.50 bits per heavy atom. The molecule has 0 aromatic carbocycles. The van der Waals surface area contributed by atoms with Gasteiger partial charge in [0.15, 0.2) is 0 Å². The first-order valence-corrected chi connectivity index (χ1v) is 3.71. The highest BCUT2D eigenvalue weighted by atomic mass is 16.5. The van der Waals surface area contributed by atoms with Crippen LogP contribution in [0.15, 0.2) is 0 Å². The van der Waals surface area contributed by atoms with Gasteiger partial charge in [-0.2, -0.15) is 0 Å². The Kier molecular flexibility index (Phi) is 2.28. The molecule has 0 bridgehead atoms. The summed E-state index contributed by atoms with van der Waals surface area (Å²) in [6.45, 7) is 2.77. The highest BCUT2D eigenvalue weighted by Crippen LogP contribution is 2.22. The zero-order valence-corrected chi connectivity index (χ0v) is 6.34. The fourth-order valence-electron chi connectivity index (χ4n) is 1.20. The zero-order valence-electron chi connectivity index (χ0n) is 6.34. The van der Waals surface area contributed by atoms with Crippen LogP contribution in [0.25, 0.3) is 0 Å². The molecule has 1 rings (SSSR count). The second-order valence-electron chi connectivity index (χ2n) is 3.06. The molecular formula is C7H15NO2. The smallest absolute Gasteiger partial charge is 0.100 e. The number of rotatable bonds is 2. The van der Waals surface area contributed by atoms with Gasteiger partial charge in [0, 0.05) is 13.2 Å². The lowest BCUT2D eigenvalue weighted by atomic mass is 9.97. The van der Waals surface area contributed by atoms with Crippen molar-refractivity contribution in [3.63, 3.8) is 0 Å². The van der Waals surface area contributed by atoms with E-state index >= 15 is 0 Å². The molecule has 0 aromatic heterocycles. The van der Waals surface area contributed by atoms with Gasteiger partial charge in [0.05, 0.1) is 6.10 Å². The number of ether oxygens (including phenoxy) is 1. The molecule has 1 fully saturated rings. The SMILES string of the molecule is CC(O)(CN)C1CCCO1. The molecule has 1 aliphatic heterocycles. The maximum Gasteiger partial charge on any atom is 0.100 e. The van der Waals surface area contributed by atoms with Crippen molar-refractivity contribution in [3.05, 3.63) is 0 Å². The normalized spacial score (nSPS) is 32.1. The molecule has 3 N–H and O–H groups in total. The lowest BCUT2D eigenvalue weighted by Crippen LogP contribution is -2.45. The van der Waals surface area contributed by atoms with Crippen LogP contribution in [0.2, 0.25) is 0 Å². The van der Waals surface area contributed by atoms with Gasteiger partial charge in [-0.3, -0.25) is 0 Å². The van der Waals surface area contributed by atoms with E-state index in [4.69, 9.17) is 10.5 Å². The predicted octanol–water partition coefficient (Wildman–Crippen LogP) is -0.125. The summed E-state index contributed by atoms with van der Waals surface area (Å²) in [5.74, 6) is 0. The van der Waals surface area contributed by atoms with Crippen LogP contribution < -0.4 is 5.73 Å². The number of aliphatic hydroxyl groups is 1. The van der Waals surface area contributed by atoms with Crippen molar-refractivity contribution in [2.24, 2.45) is 5.73 Å². The average molecular weight is 145 g/mol. The molecule has 10 heavy (non-hydrogen) atoms. The Morgan fingerprint density at radius 3 is 2.90 bits per heavy atom. The minimum atomic E-state index is -0.823. The Hall–Kier alpha value is -0.120. The number of hydrogen-bond donors (Lipinski definition) is 2. The fourth-order valence-corrected chi connectivity index (χ4v) is 1.20. The van der Waals surface area contributed by atoms with Gasteiger partial charge >= 0.3 is 0 Å². The van der Waals surface area contributed by atoms with Crippen molar-refractivity contribution < 1.29 is 9.84 Å². The predicted molar refractivity (Wildman–Crippen MR) is 38.7 cm³/mol. The van der Waals surface area contributed by atoms with Gasteiger partial charge in [0.1, 0.15) is 5.60 Å². The van der Waals surface area contributed by atoms with Crippen LogP contribution in [-0.4, -0.2) is 30.0 Å². The first kappa shape index (κ1) is 7.98. The maximum atomic E-state index is 9.57. The summed E-state index contributed by atoms with van der Waals surface area (Å²) >= 11 is 0. The Bertz CT molecular complexity index is 108. The van der Waals surface area contributed by atoms with Gasteiger partial charge in [0.2, 0.25) is 0 Å². The lowest BCUT2D eigenvalue weighted by molar-refractivity contribution is -0.0659. The fraction of sp³-hybridized carbons (Fsp3) is 1.00. The van der Waals surface area contributed by atoms with Crippen LogP contribution in [0, 0.1) is 0 Å². The molecule has 1 heterocycles. The minimum Gasteiger partial charge on any atom is -0.386 e. The van der Waals surface area contributed by atoms with Crippen molar-refractivity contribution in [3.8, 4) is 0 Å². The van der Waals surface area contributed by atoms with Crippen LogP contribution >= 0.6 is 0 Å². The van der Waals surface area contributed by atoms with Gasteiger partial charge in [0.25, 0.3) is 0 Å². The quantitative estimate of drug-likeness (QED) is 0.569. The van der Waals surface area contributed by atoms with E-state index in [1.165, 1.54) is 0 Å². The van der Waals surface area contributed by atoms with Crippen molar-refractivity contribution in [1.82, 2.24) is 0 Å². The summed E-state index contributed by atoms with van der Waals surface area (Å²) in [7, 11) is 0. The molecule has 1 aliphatic rings. The van der Waals surface area contributed by atoms with Gasteiger partial charge in [-0.25, -0.2) is 0 Å². The Labute approximate surface area is 61.2 Å². The summed E-state index contributed by atoms with van der Waals surface area (Å²) in [5.41, 5.74) is 4.53. The van der Waals surface area contributed by atoms with Gasteiger partial charge in [-0.1, -0.05) is 0 Å². The molecule has 3 nitrogen and oxygen atoms in total. The van der Waals surface area contributed by atoms with Gasteiger partial charge < -0.3 is 15.6 Å². The van der Waals surface area contributed by atoms with Crippen LogP contribution in [0.1, 0.15) is 19.8 Å². The van der Waals surface area contributed by atoms with E-state index in [0.29, 0.717) is 0 Å². The molecule has 2 atom stereocenters. The van der Waals surface area contributed by atoms with E-state index in [9.17, 15) is 5.11 Å². The van der Waals surface area contributed by atoms with Crippen molar-refractivity contribution in [2.45, 2.75) is 31.5 Å². The molecule has 0 aromatic rings. The second-order valence-corrected chi connectivity index (χ2v) is 3.06. The summed E-state index contributed by atoms with van der Waals surface area (Å²) < 4.78 is 5.28. The number of hydrogen-bond acceptors (Lipinski definition) is 3. The van der Waals surface area contributed by atoms with Crippen LogP contribution in [0.5, 0.6) is 0 Å². The Balaban J connectivity index is 2.45. The molecular weight excluding hydrogens is 130 g/mol. The lowest BCUT2D eigenvalue weighted by Gasteiger charge is -2.27. The first-order valence-electron chi connectivity index (χ1n) is 3.71. The maximum absolute atomic E-state index is 9.57. The highest BCUT2D eigenvalue weighted by Gasteiger charge is 2.33. The molecule has 0 spiro atoms. The average Bonchev–Trinajstić information content (AvgIpc) is 2.38. The van der Waals surface area contributed by atoms with Gasteiger partial charge in [-0.15, -0.1) is 0 Å². The van der Waals surface area contributed by atoms with E-state index in [2.05, 4.69) is 0 Å². The molecule has 0 saturated carbocycles. The highest BCUT2D eigenvalue weighted by molar-refractivity contribution is 4.86. The molecule has 1 saturated heterocycles. The van der Waals surface area contributed by atoms with E-state index in [0.717, 1.165) is 19.4 Å². The first-order chi connectivity index (χ1) is 4.67. The summed E-state index contributed by atoms with van der Waals surface area (Å²) in [4.78, 5) is 0. The van der Waals surface area contributed by atoms with Crippen molar-refractivity contribution >= 4 is 0 Å². The van der Waals surface area contributed by atoms with Crippen molar-refractivity contribution in [1.29, 1.82) is 0 Å². The monoisotopic (exact) mass is 145 g/mol. The van der Waals surface area contributed by atoms with Crippen LogP contribution in [0.4, 0.5) is 0 Å². The summed E-state index contributed by atoms with van der Waals surface area (Å²) in [5, 5.41) is 9.57. The minimum absolute atomic E-state index is 0.0440. The largest absolute Gasteiger partial charge is 0.386 e. The third kappa shape index (κ3) is 1.48. The molecule has 3 heteroatoms. The third-order valence-corrected chi connectivity index (χ3v) is 2.04. The van der Waals surface area contributed by atoms with E-state index in [1.54, 1.807) is 6.92 Å². The van der Waals surface area contributed by atoms with Crippen LogP contribution in [-0.2, 0) is 4.74 Å². The van der Waals surface area contributed by atoms with Crippen LogP contribution in [0.3, 0.4) is 0 Å². The molecule has 60 valence electrons. The molecule has 0 aliphatic carbocycles. The van der Waals surface area contributed by atoms with E-state index < -0.39 is 5.60 Å². The summed E-state index contributed by atoms with van der Waals surface area (Å²) in [6.07, 6.45) is 1.93. The number of nitrogens with two attached hydrogens (primary N) is 1. The summed E-state index contributed by atoms with van der Waals surface area (Å²) in [6, 6.07) is 0.